The zero-order chi connectivity index (χ0) is 22.3. The maximum Gasteiger partial charge on any atom is 0.278 e. The first-order chi connectivity index (χ1) is 14.8. The van der Waals surface area contributed by atoms with Crippen LogP contribution in [0.2, 0.25) is 0 Å². The van der Waals surface area contributed by atoms with Gasteiger partial charge in [-0.25, -0.2) is 14.7 Å². The van der Waals surface area contributed by atoms with Gasteiger partial charge in [-0.15, -0.1) is 0 Å². The van der Waals surface area contributed by atoms with Gasteiger partial charge in [0.25, 0.3) is 10.2 Å². The molecule has 168 valence electrons. The van der Waals surface area contributed by atoms with Crippen molar-refractivity contribution >= 4 is 28.1 Å². The van der Waals surface area contributed by atoms with Gasteiger partial charge in [-0.05, 0) is 12.5 Å². The topological polar surface area (TPSA) is 112 Å². The standard InChI is InChI=1S/C20H29N7O3S/c1-16-5-4-6-17(13-16)15-21-25-19-14-20(27-9-11-30-12-10-27)24-18(23-19)7-8-22-31(28,29)26(2)3/h4-6,13-15,22H,7-12H2,1-3H3,(H,23,24,25)/b21-15+. The maximum absolute atomic E-state index is 11.9. The number of ether oxygens (including phenoxy) is 1. The van der Waals surface area contributed by atoms with Gasteiger partial charge in [0.05, 0.1) is 19.4 Å². The van der Waals surface area contributed by atoms with Gasteiger partial charge in [0, 0.05) is 46.2 Å². The van der Waals surface area contributed by atoms with Crippen LogP contribution in [-0.4, -0.2) is 75.8 Å². The molecular formula is C20H29N7O3S. The maximum atomic E-state index is 11.9. The highest BCUT2D eigenvalue weighted by molar-refractivity contribution is 7.87. The molecule has 3 rings (SSSR count). The number of rotatable bonds is 9. The number of benzene rings is 1. The molecular weight excluding hydrogens is 418 g/mol. The fourth-order valence-corrected chi connectivity index (χ4v) is 3.57. The highest BCUT2D eigenvalue weighted by Gasteiger charge is 2.16. The normalized spacial score (nSPS) is 15.0. The first-order valence-electron chi connectivity index (χ1n) is 10.1. The molecule has 0 atom stereocenters. The van der Waals surface area contributed by atoms with E-state index in [0.29, 0.717) is 31.3 Å². The molecule has 0 unspecified atom stereocenters. The van der Waals surface area contributed by atoms with Gasteiger partial charge in [0.2, 0.25) is 0 Å². The largest absolute Gasteiger partial charge is 0.378 e. The van der Waals surface area contributed by atoms with Crippen LogP contribution in [-0.2, 0) is 21.4 Å². The molecule has 2 N–H and O–H groups in total. The predicted molar refractivity (Wildman–Crippen MR) is 122 cm³/mol. The van der Waals surface area contributed by atoms with Crippen LogP contribution in [0.3, 0.4) is 0 Å². The van der Waals surface area contributed by atoms with E-state index in [4.69, 9.17) is 4.74 Å². The van der Waals surface area contributed by atoms with Crippen LogP contribution in [0.15, 0.2) is 35.4 Å². The molecule has 0 amide bonds. The molecule has 31 heavy (non-hydrogen) atoms. The SMILES string of the molecule is Cc1cccc(/C=N/Nc2cc(N3CCOCC3)nc(CCNS(=O)(=O)N(C)C)n2)c1. The molecule has 1 aliphatic rings. The average Bonchev–Trinajstić information content (AvgIpc) is 2.74. The lowest BCUT2D eigenvalue weighted by atomic mass is 10.2. The minimum absolute atomic E-state index is 0.194. The molecule has 10 nitrogen and oxygen atoms in total. The number of nitrogens with one attached hydrogen (secondary N) is 2. The molecule has 2 heterocycles. The van der Waals surface area contributed by atoms with Gasteiger partial charge in [0.1, 0.15) is 11.6 Å². The van der Waals surface area contributed by atoms with Crippen LogP contribution in [0.5, 0.6) is 0 Å². The van der Waals surface area contributed by atoms with Crippen LogP contribution in [0.4, 0.5) is 11.6 Å². The van der Waals surface area contributed by atoms with E-state index < -0.39 is 10.2 Å². The number of morpholine rings is 1. The molecule has 1 aromatic heterocycles. The quantitative estimate of drug-likeness (QED) is 0.436. The third-order valence-corrected chi connectivity index (χ3v) is 6.17. The average molecular weight is 448 g/mol. The number of anilines is 2. The van der Waals surface area contributed by atoms with E-state index in [1.807, 2.05) is 37.3 Å². The Hall–Kier alpha value is -2.60. The van der Waals surface area contributed by atoms with Crippen LogP contribution in [0.1, 0.15) is 17.0 Å². The minimum atomic E-state index is -3.50. The molecule has 2 aromatic rings. The molecule has 0 radical (unpaired) electrons. The van der Waals surface area contributed by atoms with Crippen LogP contribution >= 0.6 is 0 Å². The van der Waals surface area contributed by atoms with Gasteiger partial charge >= 0.3 is 0 Å². The van der Waals surface area contributed by atoms with E-state index in [1.165, 1.54) is 14.1 Å². The van der Waals surface area contributed by atoms with Gasteiger partial charge < -0.3 is 9.64 Å². The van der Waals surface area contributed by atoms with E-state index in [2.05, 4.69) is 30.1 Å². The summed E-state index contributed by atoms with van der Waals surface area (Å²) in [6.07, 6.45) is 2.08. The Balaban J connectivity index is 1.74. The van der Waals surface area contributed by atoms with Crippen molar-refractivity contribution in [1.29, 1.82) is 0 Å². The van der Waals surface area contributed by atoms with Gasteiger partial charge in [-0.3, -0.25) is 5.43 Å². The van der Waals surface area contributed by atoms with Crippen LogP contribution in [0.25, 0.3) is 0 Å². The highest BCUT2D eigenvalue weighted by Crippen LogP contribution is 2.18. The van der Waals surface area contributed by atoms with Gasteiger partial charge in [-0.1, -0.05) is 29.8 Å². The monoisotopic (exact) mass is 447 g/mol. The summed E-state index contributed by atoms with van der Waals surface area (Å²) in [6, 6.07) is 9.85. The van der Waals surface area contributed by atoms with Gasteiger partial charge in [-0.2, -0.15) is 17.8 Å². The van der Waals surface area contributed by atoms with E-state index in [0.717, 1.165) is 34.3 Å². The first-order valence-corrected chi connectivity index (χ1v) is 11.5. The fraction of sp³-hybridized carbons (Fsp3) is 0.450. The summed E-state index contributed by atoms with van der Waals surface area (Å²) in [5.41, 5.74) is 5.11. The van der Waals surface area contributed by atoms with Crippen molar-refractivity contribution < 1.29 is 13.2 Å². The van der Waals surface area contributed by atoms with Crippen molar-refractivity contribution in [2.24, 2.45) is 5.10 Å². The highest BCUT2D eigenvalue weighted by atomic mass is 32.2. The summed E-state index contributed by atoms with van der Waals surface area (Å²) in [4.78, 5) is 11.2. The zero-order valence-electron chi connectivity index (χ0n) is 18.1. The molecule has 0 bridgehead atoms. The summed E-state index contributed by atoms with van der Waals surface area (Å²) >= 11 is 0. The Morgan fingerprint density at radius 1 is 1.23 bits per heavy atom. The van der Waals surface area contributed by atoms with Crippen molar-refractivity contribution in [3.05, 3.63) is 47.3 Å². The summed E-state index contributed by atoms with van der Waals surface area (Å²) in [5, 5.41) is 4.30. The Morgan fingerprint density at radius 3 is 2.71 bits per heavy atom. The smallest absolute Gasteiger partial charge is 0.278 e. The Labute approximate surface area is 183 Å². The van der Waals surface area contributed by atoms with E-state index in [9.17, 15) is 8.42 Å². The molecule has 0 saturated carbocycles. The number of aromatic nitrogens is 2. The Bertz CT molecular complexity index is 1010. The molecule has 11 heteroatoms. The van der Waals surface area contributed by atoms with E-state index in [1.54, 1.807) is 6.21 Å². The van der Waals surface area contributed by atoms with E-state index in [-0.39, 0.29) is 6.54 Å². The van der Waals surface area contributed by atoms with Crippen molar-refractivity contribution in [1.82, 2.24) is 19.0 Å². The van der Waals surface area contributed by atoms with Gasteiger partial charge in [0.15, 0.2) is 5.82 Å². The second-order valence-electron chi connectivity index (χ2n) is 7.34. The fourth-order valence-electron chi connectivity index (χ4n) is 2.95. The lowest BCUT2D eigenvalue weighted by Crippen LogP contribution is -2.37. The number of nitrogens with zero attached hydrogens (tertiary/aromatic N) is 5. The van der Waals surface area contributed by atoms with Crippen molar-refractivity contribution in [2.75, 3.05) is 57.3 Å². The molecule has 1 fully saturated rings. The minimum Gasteiger partial charge on any atom is -0.378 e. The Kier molecular flexibility index (Phi) is 7.91. The summed E-state index contributed by atoms with van der Waals surface area (Å²) in [5.74, 6) is 1.83. The first kappa shape index (κ1) is 23.1. The van der Waals surface area contributed by atoms with Crippen molar-refractivity contribution in [3.8, 4) is 0 Å². The summed E-state index contributed by atoms with van der Waals surface area (Å²) in [6.45, 7) is 4.96. The summed E-state index contributed by atoms with van der Waals surface area (Å²) < 4.78 is 32.9. The molecule has 0 aliphatic carbocycles. The lowest BCUT2D eigenvalue weighted by Gasteiger charge is -2.28. The number of aryl methyl sites for hydroxylation is 1. The van der Waals surface area contributed by atoms with Crippen molar-refractivity contribution in [3.63, 3.8) is 0 Å². The second-order valence-corrected chi connectivity index (χ2v) is 9.31. The molecule has 1 saturated heterocycles. The predicted octanol–water partition coefficient (Wildman–Crippen LogP) is 1.01. The second kappa shape index (κ2) is 10.6. The third-order valence-electron chi connectivity index (χ3n) is 4.64. The number of hydrogen-bond acceptors (Lipinski definition) is 8. The van der Waals surface area contributed by atoms with E-state index >= 15 is 0 Å². The van der Waals surface area contributed by atoms with Crippen LogP contribution in [0, 0.1) is 6.92 Å². The molecule has 0 spiro atoms. The Morgan fingerprint density at radius 2 is 2.00 bits per heavy atom. The lowest BCUT2D eigenvalue weighted by molar-refractivity contribution is 0.122. The van der Waals surface area contributed by atoms with Crippen LogP contribution < -0.4 is 15.0 Å². The number of hydrazone groups is 1. The number of hydrogen-bond donors (Lipinski definition) is 2. The molecule has 1 aromatic carbocycles. The molecule has 1 aliphatic heterocycles. The third kappa shape index (κ3) is 6.96. The summed E-state index contributed by atoms with van der Waals surface area (Å²) in [7, 11) is -0.539. The van der Waals surface area contributed by atoms with Crippen molar-refractivity contribution in [2.45, 2.75) is 13.3 Å². The zero-order valence-corrected chi connectivity index (χ0v) is 18.9.